The van der Waals surface area contributed by atoms with Crippen molar-refractivity contribution in [1.82, 2.24) is 4.41 Å². The van der Waals surface area contributed by atoms with E-state index in [9.17, 15) is 0 Å². The lowest BCUT2D eigenvalue weighted by Crippen LogP contribution is -2.34. The van der Waals surface area contributed by atoms with Crippen LogP contribution in [-0.2, 0) is 0 Å². The second-order valence-electron chi connectivity index (χ2n) is 3.89. The molecule has 78 valence electrons. The smallest absolute Gasteiger partial charge is 0.0354 e. The second-order valence-corrected chi connectivity index (χ2v) is 4.68. The Morgan fingerprint density at radius 3 is 1.92 bits per heavy atom. The van der Waals surface area contributed by atoms with E-state index < -0.39 is 0 Å². The van der Waals surface area contributed by atoms with Gasteiger partial charge >= 0.3 is 0 Å². The minimum absolute atomic E-state index is 0.619. The first kappa shape index (κ1) is 11.3. The number of hydrogen-bond donors (Lipinski definition) is 1. The van der Waals surface area contributed by atoms with Crippen LogP contribution in [0.4, 0.5) is 0 Å². The van der Waals surface area contributed by atoms with Gasteiger partial charge in [0.1, 0.15) is 0 Å². The lowest BCUT2D eigenvalue weighted by Gasteiger charge is -2.24. The van der Waals surface area contributed by atoms with Gasteiger partial charge in [0.2, 0.25) is 0 Å². The molecule has 0 bridgehead atoms. The van der Waals surface area contributed by atoms with Gasteiger partial charge in [0.05, 0.1) is 0 Å². The maximum atomic E-state index is 5.92. The average Bonchev–Trinajstić information content (AvgIpc) is 2.29. The first-order valence-electron chi connectivity index (χ1n) is 5.42. The summed E-state index contributed by atoms with van der Waals surface area (Å²) in [6, 6.07) is 0.619. The molecule has 1 rings (SSSR count). The van der Waals surface area contributed by atoms with Crippen molar-refractivity contribution in [2.45, 2.75) is 57.4 Å². The van der Waals surface area contributed by atoms with Gasteiger partial charge in [-0.2, -0.15) is 4.41 Å². The standard InChI is InChI=1S/C10H22N2S/c1-13-12(11)10-8-6-4-2-3-5-7-9-10/h10H,2-9,11H2,1H3. The fourth-order valence-corrected chi connectivity index (χ4v) is 2.52. The van der Waals surface area contributed by atoms with Crippen LogP contribution in [0.25, 0.3) is 0 Å². The van der Waals surface area contributed by atoms with E-state index in [0.717, 1.165) is 0 Å². The van der Waals surface area contributed by atoms with E-state index >= 15 is 0 Å². The monoisotopic (exact) mass is 202 g/mol. The summed E-state index contributed by atoms with van der Waals surface area (Å²) in [5, 5.41) is 0. The Morgan fingerprint density at radius 1 is 1.00 bits per heavy atom. The number of nitrogens with zero attached hydrogens (tertiary/aromatic N) is 1. The molecule has 1 aliphatic rings. The van der Waals surface area contributed by atoms with Crippen molar-refractivity contribution in [2.75, 3.05) is 6.26 Å². The molecule has 0 saturated heterocycles. The van der Waals surface area contributed by atoms with Crippen LogP contribution in [0, 0.1) is 0 Å². The lowest BCUT2D eigenvalue weighted by atomic mass is 10.1. The largest absolute Gasteiger partial charge is 0.259 e. The zero-order chi connectivity index (χ0) is 9.52. The van der Waals surface area contributed by atoms with E-state index in [4.69, 9.17) is 5.84 Å². The first-order valence-corrected chi connectivity index (χ1v) is 6.61. The minimum atomic E-state index is 0.619. The molecule has 0 aromatic heterocycles. The van der Waals surface area contributed by atoms with Crippen LogP contribution in [-0.4, -0.2) is 16.7 Å². The van der Waals surface area contributed by atoms with Crippen molar-refractivity contribution in [3.8, 4) is 0 Å². The molecular weight excluding hydrogens is 180 g/mol. The zero-order valence-electron chi connectivity index (χ0n) is 8.67. The Labute approximate surface area is 86.3 Å². The summed E-state index contributed by atoms with van der Waals surface area (Å²) in [4.78, 5) is 0. The summed E-state index contributed by atoms with van der Waals surface area (Å²) in [5.41, 5.74) is 0. The summed E-state index contributed by atoms with van der Waals surface area (Å²) in [6.45, 7) is 0. The quantitative estimate of drug-likeness (QED) is 0.424. The number of hydrogen-bond acceptors (Lipinski definition) is 3. The van der Waals surface area contributed by atoms with Gasteiger partial charge in [-0.1, -0.05) is 50.5 Å². The van der Waals surface area contributed by atoms with E-state index in [2.05, 4.69) is 6.26 Å². The molecule has 1 saturated carbocycles. The zero-order valence-corrected chi connectivity index (χ0v) is 9.48. The molecular formula is C10H22N2S. The summed E-state index contributed by atoms with van der Waals surface area (Å²) < 4.78 is 1.95. The molecule has 0 aromatic rings. The molecule has 13 heavy (non-hydrogen) atoms. The van der Waals surface area contributed by atoms with Gasteiger partial charge in [-0.25, -0.2) is 0 Å². The Kier molecular flexibility index (Phi) is 5.83. The van der Waals surface area contributed by atoms with Crippen LogP contribution >= 0.6 is 11.9 Å². The fourth-order valence-electron chi connectivity index (χ4n) is 2.01. The fraction of sp³-hybridized carbons (Fsp3) is 1.00. The highest BCUT2D eigenvalue weighted by atomic mass is 32.2. The van der Waals surface area contributed by atoms with Crippen molar-refractivity contribution in [2.24, 2.45) is 5.84 Å². The van der Waals surface area contributed by atoms with Crippen LogP contribution in [0.3, 0.4) is 0 Å². The van der Waals surface area contributed by atoms with Gasteiger partial charge in [0, 0.05) is 6.04 Å². The highest BCUT2D eigenvalue weighted by Crippen LogP contribution is 2.21. The molecule has 2 nitrogen and oxygen atoms in total. The van der Waals surface area contributed by atoms with E-state index in [-0.39, 0.29) is 0 Å². The Bertz CT molecular complexity index is 120. The van der Waals surface area contributed by atoms with Crippen LogP contribution in [0.1, 0.15) is 51.4 Å². The van der Waals surface area contributed by atoms with Crippen LogP contribution in [0.2, 0.25) is 0 Å². The molecule has 0 aliphatic heterocycles. The van der Waals surface area contributed by atoms with Gasteiger partial charge in [0.15, 0.2) is 0 Å². The Balaban J connectivity index is 2.31. The highest BCUT2D eigenvalue weighted by Gasteiger charge is 2.14. The maximum absolute atomic E-state index is 5.92. The summed E-state index contributed by atoms with van der Waals surface area (Å²) in [5.74, 6) is 5.92. The van der Waals surface area contributed by atoms with Crippen molar-refractivity contribution >= 4 is 11.9 Å². The summed E-state index contributed by atoms with van der Waals surface area (Å²) >= 11 is 1.67. The molecule has 0 aromatic carbocycles. The molecule has 0 atom stereocenters. The molecule has 0 radical (unpaired) electrons. The molecule has 0 spiro atoms. The second kappa shape index (κ2) is 6.68. The first-order chi connectivity index (χ1) is 6.34. The molecule has 0 heterocycles. The number of hydrazine groups is 1. The van der Waals surface area contributed by atoms with Gasteiger partial charge in [0.25, 0.3) is 0 Å². The third kappa shape index (κ3) is 4.34. The van der Waals surface area contributed by atoms with Crippen molar-refractivity contribution in [1.29, 1.82) is 0 Å². The number of rotatable bonds is 2. The normalized spacial score (nSPS) is 22.4. The SMILES string of the molecule is CSN(N)C1CCCCCCCC1. The van der Waals surface area contributed by atoms with E-state index in [1.54, 1.807) is 11.9 Å². The van der Waals surface area contributed by atoms with Gasteiger partial charge in [-0.15, -0.1) is 0 Å². The van der Waals surface area contributed by atoms with Crippen LogP contribution < -0.4 is 5.84 Å². The third-order valence-electron chi connectivity index (χ3n) is 2.90. The Morgan fingerprint density at radius 2 is 1.46 bits per heavy atom. The van der Waals surface area contributed by atoms with E-state index in [1.165, 1.54) is 51.4 Å². The Hall–Kier alpha value is 0.270. The predicted molar refractivity (Wildman–Crippen MR) is 60.3 cm³/mol. The molecule has 1 aliphatic carbocycles. The highest BCUT2D eigenvalue weighted by molar-refractivity contribution is 7.96. The molecule has 0 unspecified atom stereocenters. The summed E-state index contributed by atoms with van der Waals surface area (Å²) in [7, 11) is 0. The predicted octanol–water partition coefficient (Wildman–Crippen LogP) is 2.94. The number of nitrogens with two attached hydrogens (primary N) is 1. The summed E-state index contributed by atoms with van der Waals surface area (Å²) in [6.07, 6.45) is 13.0. The molecule has 2 N–H and O–H groups in total. The van der Waals surface area contributed by atoms with Gasteiger partial charge < -0.3 is 0 Å². The van der Waals surface area contributed by atoms with Crippen molar-refractivity contribution < 1.29 is 0 Å². The molecule has 3 heteroatoms. The van der Waals surface area contributed by atoms with Gasteiger partial charge in [-0.3, -0.25) is 5.84 Å². The van der Waals surface area contributed by atoms with E-state index in [1.807, 2.05) is 4.41 Å². The average molecular weight is 202 g/mol. The third-order valence-corrected chi connectivity index (χ3v) is 3.62. The lowest BCUT2D eigenvalue weighted by molar-refractivity contribution is 0.315. The topological polar surface area (TPSA) is 29.3 Å². The van der Waals surface area contributed by atoms with Crippen molar-refractivity contribution in [3.05, 3.63) is 0 Å². The van der Waals surface area contributed by atoms with Crippen LogP contribution in [0.15, 0.2) is 0 Å². The molecule has 1 fully saturated rings. The maximum Gasteiger partial charge on any atom is 0.0354 e. The van der Waals surface area contributed by atoms with E-state index in [0.29, 0.717) is 6.04 Å². The minimum Gasteiger partial charge on any atom is -0.259 e. The van der Waals surface area contributed by atoms with Gasteiger partial charge in [-0.05, 0) is 19.1 Å². The van der Waals surface area contributed by atoms with Crippen molar-refractivity contribution in [3.63, 3.8) is 0 Å². The van der Waals surface area contributed by atoms with Crippen LogP contribution in [0.5, 0.6) is 0 Å². The molecule has 0 amide bonds.